The fourth-order valence-electron chi connectivity index (χ4n) is 3.98. The molecule has 2 heterocycles. The number of carbonyl (C=O) groups is 1. The molecule has 3 aromatic rings. The molecule has 0 atom stereocenters. The lowest BCUT2D eigenvalue weighted by atomic mass is 10.1. The second-order valence-corrected chi connectivity index (χ2v) is 9.19. The smallest absolute Gasteiger partial charge is 0.260 e. The monoisotopic (exact) mass is 469 g/mol. The SMILES string of the molecule is COc1ccc(OC)c2sc(N(CCCN3CCOCC3)C(=O)c3ccc(C)c(C)c3)nc12. The number of hydrogen-bond acceptors (Lipinski definition) is 7. The fraction of sp³-hybridized carbons (Fsp3) is 0.440. The van der Waals surface area contributed by atoms with Crippen LogP contribution in [0.15, 0.2) is 30.3 Å². The standard InChI is InChI=1S/C25H31N3O4S/c1-17-6-7-19(16-18(17)2)24(29)28(11-5-10-27-12-14-32-15-13-27)25-26-22-20(30-3)8-9-21(31-4)23(22)33-25/h6-9,16H,5,10-15H2,1-4H3. The van der Waals surface area contributed by atoms with Crippen molar-refractivity contribution in [3.8, 4) is 11.5 Å². The molecule has 0 unspecified atom stereocenters. The maximum atomic E-state index is 13.7. The van der Waals surface area contributed by atoms with Crippen molar-refractivity contribution in [1.82, 2.24) is 9.88 Å². The number of aromatic nitrogens is 1. The number of benzene rings is 2. The van der Waals surface area contributed by atoms with Crippen molar-refractivity contribution >= 4 is 32.6 Å². The summed E-state index contributed by atoms with van der Waals surface area (Å²) in [6, 6.07) is 9.57. The number of amides is 1. The second kappa shape index (κ2) is 10.5. The number of thiazole rings is 1. The summed E-state index contributed by atoms with van der Waals surface area (Å²) >= 11 is 1.46. The second-order valence-electron chi connectivity index (χ2n) is 8.21. The van der Waals surface area contributed by atoms with E-state index >= 15 is 0 Å². The van der Waals surface area contributed by atoms with Gasteiger partial charge in [0.1, 0.15) is 21.7 Å². The van der Waals surface area contributed by atoms with Gasteiger partial charge in [-0.25, -0.2) is 4.98 Å². The van der Waals surface area contributed by atoms with Crippen molar-refractivity contribution < 1.29 is 19.0 Å². The normalized spacial score (nSPS) is 14.4. The van der Waals surface area contributed by atoms with Gasteiger partial charge in [-0.1, -0.05) is 17.4 Å². The van der Waals surface area contributed by atoms with Gasteiger partial charge in [-0.05, 0) is 55.7 Å². The van der Waals surface area contributed by atoms with Crippen LogP contribution >= 0.6 is 11.3 Å². The fourth-order valence-corrected chi connectivity index (χ4v) is 5.08. The van der Waals surface area contributed by atoms with Gasteiger partial charge in [0, 0.05) is 31.7 Å². The van der Waals surface area contributed by atoms with E-state index in [0.717, 1.165) is 55.3 Å². The van der Waals surface area contributed by atoms with Gasteiger partial charge < -0.3 is 14.2 Å². The van der Waals surface area contributed by atoms with E-state index in [1.165, 1.54) is 16.9 Å². The van der Waals surface area contributed by atoms with Crippen molar-refractivity contribution in [2.75, 3.05) is 58.5 Å². The number of hydrogen-bond donors (Lipinski definition) is 0. The summed E-state index contributed by atoms with van der Waals surface area (Å²) in [5.74, 6) is 1.35. The molecule has 1 amide bonds. The highest BCUT2D eigenvalue weighted by Crippen LogP contribution is 2.40. The molecule has 1 aliphatic rings. The average molecular weight is 470 g/mol. The van der Waals surface area contributed by atoms with Crippen LogP contribution in [0.4, 0.5) is 5.13 Å². The third-order valence-corrected chi connectivity index (χ3v) is 7.18. The predicted molar refractivity (Wildman–Crippen MR) is 132 cm³/mol. The molecular weight excluding hydrogens is 438 g/mol. The van der Waals surface area contributed by atoms with Gasteiger partial charge in [0.25, 0.3) is 5.91 Å². The van der Waals surface area contributed by atoms with E-state index in [1.807, 2.05) is 37.3 Å². The molecule has 0 bridgehead atoms. The van der Waals surface area contributed by atoms with E-state index < -0.39 is 0 Å². The number of morpholine rings is 1. The van der Waals surface area contributed by atoms with Crippen LogP contribution in [0.5, 0.6) is 11.5 Å². The Balaban J connectivity index is 1.66. The highest BCUT2D eigenvalue weighted by Gasteiger charge is 2.24. The van der Waals surface area contributed by atoms with Gasteiger partial charge in [0.15, 0.2) is 5.13 Å². The molecule has 1 saturated heterocycles. The molecule has 176 valence electrons. The van der Waals surface area contributed by atoms with Crippen LogP contribution in [0.2, 0.25) is 0 Å². The minimum absolute atomic E-state index is 0.0444. The van der Waals surface area contributed by atoms with Crippen LogP contribution in [0.1, 0.15) is 27.9 Å². The van der Waals surface area contributed by atoms with Crippen LogP contribution in [-0.4, -0.2) is 69.4 Å². The first-order chi connectivity index (χ1) is 16.0. The lowest BCUT2D eigenvalue weighted by Crippen LogP contribution is -2.39. The third kappa shape index (κ3) is 5.13. The van der Waals surface area contributed by atoms with Crippen LogP contribution in [0.25, 0.3) is 10.2 Å². The molecule has 0 N–H and O–H groups in total. The number of ether oxygens (including phenoxy) is 3. The summed E-state index contributed by atoms with van der Waals surface area (Å²) in [4.78, 5) is 22.7. The van der Waals surface area contributed by atoms with Gasteiger partial charge in [0.2, 0.25) is 0 Å². The Hall–Kier alpha value is -2.68. The van der Waals surface area contributed by atoms with Crippen LogP contribution in [-0.2, 0) is 4.74 Å². The first-order valence-corrected chi connectivity index (χ1v) is 12.0. The summed E-state index contributed by atoms with van der Waals surface area (Å²) in [5.41, 5.74) is 3.65. The summed E-state index contributed by atoms with van der Waals surface area (Å²) in [5, 5.41) is 0.651. The Bertz CT molecular complexity index is 1080. The Kier molecular flexibility index (Phi) is 7.47. The molecule has 1 aliphatic heterocycles. The first kappa shape index (κ1) is 23.5. The van der Waals surface area contributed by atoms with Gasteiger partial charge in [-0.2, -0.15) is 0 Å². The van der Waals surface area contributed by atoms with E-state index in [0.29, 0.717) is 28.5 Å². The molecule has 2 aromatic carbocycles. The number of anilines is 1. The molecule has 4 rings (SSSR count). The molecule has 0 saturated carbocycles. The van der Waals surface area contributed by atoms with E-state index in [1.54, 1.807) is 19.1 Å². The molecule has 8 heteroatoms. The van der Waals surface area contributed by atoms with E-state index in [9.17, 15) is 4.79 Å². The summed E-state index contributed by atoms with van der Waals surface area (Å²) in [7, 11) is 3.27. The van der Waals surface area contributed by atoms with E-state index in [-0.39, 0.29) is 5.91 Å². The lowest BCUT2D eigenvalue weighted by molar-refractivity contribution is 0.0376. The van der Waals surface area contributed by atoms with Crippen molar-refractivity contribution in [3.63, 3.8) is 0 Å². The molecule has 1 aromatic heterocycles. The van der Waals surface area contributed by atoms with E-state index in [4.69, 9.17) is 19.2 Å². The maximum absolute atomic E-state index is 13.7. The van der Waals surface area contributed by atoms with E-state index in [2.05, 4.69) is 11.8 Å². The Morgan fingerprint density at radius 2 is 1.82 bits per heavy atom. The average Bonchev–Trinajstić information content (AvgIpc) is 3.28. The number of carbonyl (C=O) groups excluding carboxylic acids is 1. The molecule has 0 aliphatic carbocycles. The zero-order valence-electron chi connectivity index (χ0n) is 19.7. The zero-order chi connectivity index (χ0) is 23.4. The highest BCUT2D eigenvalue weighted by atomic mass is 32.1. The Labute approximate surface area is 198 Å². The van der Waals surface area contributed by atoms with Gasteiger partial charge in [-0.3, -0.25) is 14.6 Å². The largest absolute Gasteiger partial charge is 0.495 e. The zero-order valence-corrected chi connectivity index (χ0v) is 20.5. The van der Waals surface area contributed by atoms with Crippen molar-refractivity contribution in [3.05, 3.63) is 47.0 Å². The Morgan fingerprint density at radius 3 is 2.52 bits per heavy atom. The Morgan fingerprint density at radius 1 is 1.09 bits per heavy atom. The van der Waals surface area contributed by atoms with Crippen molar-refractivity contribution in [1.29, 1.82) is 0 Å². The molecule has 0 spiro atoms. The number of nitrogens with zero attached hydrogens (tertiary/aromatic N) is 3. The van der Waals surface area contributed by atoms with Crippen molar-refractivity contribution in [2.45, 2.75) is 20.3 Å². The summed E-state index contributed by atoms with van der Waals surface area (Å²) in [6.07, 6.45) is 0.848. The summed E-state index contributed by atoms with van der Waals surface area (Å²) in [6.45, 7) is 8.97. The summed E-state index contributed by atoms with van der Waals surface area (Å²) < 4.78 is 17.4. The molecule has 7 nitrogen and oxygen atoms in total. The van der Waals surface area contributed by atoms with Crippen molar-refractivity contribution in [2.24, 2.45) is 0 Å². The third-order valence-electron chi connectivity index (χ3n) is 6.09. The van der Waals surface area contributed by atoms with Crippen LogP contribution in [0, 0.1) is 13.8 Å². The first-order valence-electron chi connectivity index (χ1n) is 11.2. The lowest BCUT2D eigenvalue weighted by Gasteiger charge is -2.27. The number of rotatable bonds is 8. The predicted octanol–water partition coefficient (Wildman–Crippen LogP) is 4.30. The van der Waals surface area contributed by atoms with Gasteiger partial charge >= 0.3 is 0 Å². The minimum atomic E-state index is -0.0444. The highest BCUT2D eigenvalue weighted by molar-refractivity contribution is 7.22. The van der Waals surface area contributed by atoms with Crippen LogP contribution < -0.4 is 14.4 Å². The van der Waals surface area contributed by atoms with Gasteiger partial charge in [0.05, 0.1) is 27.4 Å². The van der Waals surface area contributed by atoms with Gasteiger partial charge in [-0.15, -0.1) is 0 Å². The quantitative estimate of drug-likeness (QED) is 0.490. The molecular formula is C25H31N3O4S. The molecule has 0 radical (unpaired) electrons. The molecule has 33 heavy (non-hydrogen) atoms. The number of aryl methyl sites for hydroxylation is 2. The number of methoxy groups -OCH3 is 2. The number of fused-ring (bicyclic) bond motifs is 1. The minimum Gasteiger partial charge on any atom is -0.495 e. The topological polar surface area (TPSA) is 64.1 Å². The molecule has 1 fully saturated rings. The maximum Gasteiger partial charge on any atom is 0.260 e. The van der Waals surface area contributed by atoms with Crippen LogP contribution in [0.3, 0.4) is 0 Å².